The van der Waals surface area contributed by atoms with Crippen molar-refractivity contribution in [2.45, 2.75) is 70.0 Å². The lowest BCUT2D eigenvalue weighted by Gasteiger charge is -2.42. The van der Waals surface area contributed by atoms with Crippen molar-refractivity contribution in [1.82, 2.24) is 0 Å². The van der Waals surface area contributed by atoms with E-state index in [4.69, 9.17) is 33.2 Å². The molecule has 2 aliphatic heterocycles. The predicted molar refractivity (Wildman–Crippen MR) is 151 cm³/mol. The molecule has 0 N–H and O–H groups in total. The molecule has 0 aromatic heterocycles. The summed E-state index contributed by atoms with van der Waals surface area (Å²) in [7, 11) is 0. The number of benzene rings is 3. The second-order valence-corrected chi connectivity index (χ2v) is 10.4. The van der Waals surface area contributed by atoms with E-state index < -0.39 is 48.2 Å². The lowest BCUT2D eigenvalue weighted by Crippen LogP contribution is -2.63. The molecule has 2 saturated heterocycles. The van der Waals surface area contributed by atoms with Crippen LogP contribution >= 0.6 is 0 Å². The van der Waals surface area contributed by atoms with Gasteiger partial charge in [-0.2, -0.15) is 0 Å². The Hall–Kier alpha value is -3.60. The van der Waals surface area contributed by atoms with Crippen molar-refractivity contribution in [2.24, 2.45) is 0 Å². The highest BCUT2D eigenvalue weighted by Gasteiger charge is 2.66. The fraction of sp³-hybridized carbons (Fsp3) is 0.394. The summed E-state index contributed by atoms with van der Waals surface area (Å²) in [4.78, 5) is 24.5. The predicted octanol–water partition coefficient (Wildman–Crippen LogP) is 4.36. The number of carbonyl (C=O) groups is 2. The fourth-order valence-corrected chi connectivity index (χ4v) is 5.44. The zero-order valence-electron chi connectivity index (χ0n) is 23.8. The third-order valence-corrected chi connectivity index (χ3v) is 7.23. The van der Waals surface area contributed by atoms with Crippen molar-refractivity contribution in [3.05, 3.63) is 108 Å². The number of fused-ring (bicyclic) bond motifs is 2. The molecule has 5 rings (SSSR count). The Labute approximate surface area is 245 Å². The fourth-order valence-electron chi connectivity index (χ4n) is 5.44. The molecule has 0 radical (unpaired) electrons. The van der Waals surface area contributed by atoms with Gasteiger partial charge in [0.15, 0.2) is 24.1 Å². The van der Waals surface area contributed by atoms with Crippen LogP contribution in [-0.4, -0.2) is 61.5 Å². The number of ether oxygens (including phenoxy) is 7. The molecule has 42 heavy (non-hydrogen) atoms. The zero-order valence-corrected chi connectivity index (χ0v) is 23.8. The highest BCUT2D eigenvalue weighted by molar-refractivity contribution is 5.66. The van der Waals surface area contributed by atoms with E-state index in [0.29, 0.717) is 0 Å². The summed E-state index contributed by atoms with van der Waals surface area (Å²) in [5, 5.41) is 0. The van der Waals surface area contributed by atoms with Crippen LogP contribution in [0.15, 0.2) is 91.0 Å². The van der Waals surface area contributed by atoms with E-state index in [1.54, 1.807) is 0 Å². The average molecular weight is 577 g/mol. The number of carbonyl (C=O) groups excluding carboxylic acids is 2. The molecule has 9 heteroatoms. The first kappa shape index (κ1) is 29.9. The van der Waals surface area contributed by atoms with Crippen LogP contribution in [0.1, 0.15) is 30.5 Å². The number of hydrogen-bond acceptors (Lipinski definition) is 9. The van der Waals surface area contributed by atoms with E-state index in [1.807, 2.05) is 91.0 Å². The lowest BCUT2D eigenvalue weighted by molar-refractivity contribution is -0.234. The Bertz CT molecular complexity index is 1290. The molecule has 0 spiro atoms. The van der Waals surface area contributed by atoms with Crippen LogP contribution < -0.4 is 0 Å². The third kappa shape index (κ3) is 7.24. The van der Waals surface area contributed by atoms with Crippen LogP contribution in [0.3, 0.4) is 0 Å². The van der Waals surface area contributed by atoms with Crippen molar-refractivity contribution in [1.29, 1.82) is 0 Å². The standard InChI is InChI=1S/C33H36O9/c1-23(34)40-28-21-39-32-29(41-24(2)35)31(38-20-27-16-10-5-11-17-27)33(42-32,22-36-18-25-12-6-3-7-13-25)30(28)37-19-26-14-8-4-9-15-26/h3-17,28-32H,18-22H2,1-2H3/t28-,29+,30+,31+,32-,33-/m0/s1. The average Bonchev–Trinajstić information content (AvgIpc) is 3.18. The van der Waals surface area contributed by atoms with E-state index in [1.165, 1.54) is 13.8 Å². The highest BCUT2D eigenvalue weighted by atomic mass is 16.8. The first-order chi connectivity index (χ1) is 20.4. The maximum Gasteiger partial charge on any atom is 0.303 e. The molecule has 2 heterocycles. The summed E-state index contributed by atoms with van der Waals surface area (Å²) < 4.78 is 43.6. The van der Waals surface area contributed by atoms with Gasteiger partial charge in [0.1, 0.15) is 12.2 Å². The van der Waals surface area contributed by atoms with Gasteiger partial charge >= 0.3 is 11.9 Å². The maximum absolute atomic E-state index is 12.3. The molecule has 2 bridgehead atoms. The number of esters is 2. The first-order valence-electron chi connectivity index (χ1n) is 14.0. The van der Waals surface area contributed by atoms with Gasteiger partial charge in [-0.3, -0.25) is 9.59 Å². The number of rotatable bonds is 12. The Morgan fingerprint density at radius 1 is 0.714 bits per heavy atom. The van der Waals surface area contributed by atoms with Gasteiger partial charge in [0.05, 0.1) is 33.0 Å². The molecule has 2 aliphatic rings. The van der Waals surface area contributed by atoms with Gasteiger partial charge in [-0.15, -0.1) is 0 Å². The van der Waals surface area contributed by atoms with Crippen molar-refractivity contribution < 1.29 is 42.7 Å². The Morgan fingerprint density at radius 3 is 1.74 bits per heavy atom. The van der Waals surface area contributed by atoms with Crippen molar-refractivity contribution >= 4 is 11.9 Å². The molecule has 6 atom stereocenters. The quantitative estimate of drug-likeness (QED) is 0.291. The molecular formula is C33H36O9. The summed E-state index contributed by atoms with van der Waals surface area (Å²) >= 11 is 0. The molecule has 0 amide bonds. The van der Waals surface area contributed by atoms with E-state index in [-0.39, 0.29) is 33.0 Å². The van der Waals surface area contributed by atoms with Gasteiger partial charge in [0.2, 0.25) is 0 Å². The van der Waals surface area contributed by atoms with Gasteiger partial charge in [-0.05, 0) is 16.7 Å². The molecule has 0 saturated carbocycles. The molecule has 3 aromatic carbocycles. The minimum Gasteiger partial charge on any atom is -0.457 e. The van der Waals surface area contributed by atoms with E-state index in [2.05, 4.69) is 0 Å². The van der Waals surface area contributed by atoms with Gasteiger partial charge in [-0.25, -0.2) is 0 Å². The second kappa shape index (κ2) is 14.0. The number of hydrogen-bond donors (Lipinski definition) is 0. The van der Waals surface area contributed by atoms with Crippen LogP contribution in [0, 0.1) is 0 Å². The monoisotopic (exact) mass is 576 g/mol. The van der Waals surface area contributed by atoms with Crippen molar-refractivity contribution in [3.8, 4) is 0 Å². The van der Waals surface area contributed by atoms with E-state index >= 15 is 0 Å². The van der Waals surface area contributed by atoms with E-state index in [0.717, 1.165) is 16.7 Å². The summed E-state index contributed by atoms with van der Waals surface area (Å²) in [6, 6.07) is 29.0. The van der Waals surface area contributed by atoms with E-state index in [9.17, 15) is 9.59 Å². The molecule has 0 unspecified atom stereocenters. The summed E-state index contributed by atoms with van der Waals surface area (Å²) in [5.41, 5.74) is 1.42. The molecule has 2 fully saturated rings. The van der Waals surface area contributed by atoms with Crippen molar-refractivity contribution in [3.63, 3.8) is 0 Å². The second-order valence-electron chi connectivity index (χ2n) is 10.4. The molecular weight excluding hydrogens is 540 g/mol. The molecule has 3 aromatic rings. The SMILES string of the molecule is CC(=O)O[C@H]1[C@H]2OC[C@H](OC(C)=O)[C@@H](OCc3ccccc3)[C@](COCc3ccccc3)(O2)[C@@H]1OCc1ccccc1. The van der Waals surface area contributed by atoms with Crippen LogP contribution in [0.2, 0.25) is 0 Å². The zero-order chi connectivity index (χ0) is 29.4. The van der Waals surface area contributed by atoms with Gasteiger partial charge in [0.25, 0.3) is 0 Å². The molecule has 0 aliphatic carbocycles. The van der Waals surface area contributed by atoms with Gasteiger partial charge in [0, 0.05) is 13.8 Å². The molecule has 222 valence electrons. The van der Waals surface area contributed by atoms with Crippen LogP contribution in [0.5, 0.6) is 0 Å². The topological polar surface area (TPSA) is 98.8 Å². The minimum atomic E-state index is -1.38. The van der Waals surface area contributed by atoms with Crippen LogP contribution in [0.25, 0.3) is 0 Å². The first-order valence-corrected chi connectivity index (χ1v) is 14.0. The highest BCUT2D eigenvalue weighted by Crippen LogP contribution is 2.44. The normalized spacial score (nSPS) is 26.8. The third-order valence-electron chi connectivity index (χ3n) is 7.23. The smallest absolute Gasteiger partial charge is 0.303 e. The molecule has 9 nitrogen and oxygen atoms in total. The van der Waals surface area contributed by atoms with Crippen molar-refractivity contribution in [2.75, 3.05) is 13.2 Å². The summed E-state index contributed by atoms with van der Waals surface area (Å²) in [5.74, 6) is -1.00. The maximum atomic E-state index is 12.3. The Balaban J connectivity index is 1.52. The lowest BCUT2D eigenvalue weighted by atomic mass is 9.85. The summed E-state index contributed by atoms with van der Waals surface area (Å²) in [6.07, 6.45) is -4.56. The van der Waals surface area contributed by atoms with Crippen LogP contribution in [0.4, 0.5) is 0 Å². The Morgan fingerprint density at radius 2 is 1.21 bits per heavy atom. The van der Waals surface area contributed by atoms with Gasteiger partial charge in [-0.1, -0.05) is 91.0 Å². The summed E-state index contributed by atoms with van der Waals surface area (Å²) in [6.45, 7) is 3.29. The Kier molecular flexibility index (Phi) is 9.99. The minimum absolute atomic E-state index is 0.0177. The van der Waals surface area contributed by atoms with Gasteiger partial charge < -0.3 is 33.2 Å². The van der Waals surface area contributed by atoms with Crippen LogP contribution in [-0.2, 0) is 62.6 Å². The largest absolute Gasteiger partial charge is 0.457 e.